The zero-order valence-corrected chi connectivity index (χ0v) is 15.5. The summed E-state index contributed by atoms with van der Waals surface area (Å²) in [6, 6.07) is 7.50. The van der Waals surface area contributed by atoms with E-state index in [1.165, 1.54) is 0 Å². The van der Waals surface area contributed by atoms with Gasteiger partial charge in [-0.15, -0.1) is 0 Å². The van der Waals surface area contributed by atoms with Gasteiger partial charge in [-0.25, -0.2) is 0 Å². The van der Waals surface area contributed by atoms with Crippen LogP contribution in [-0.2, 0) is 15.1 Å². The largest absolute Gasteiger partial charge is 0.349 e. The fraction of sp³-hybridized carbons (Fsp3) is 0.529. The molecule has 1 aliphatic rings. The van der Waals surface area contributed by atoms with E-state index in [0.717, 1.165) is 10.0 Å². The topological polar surface area (TPSA) is 66.6 Å². The van der Waals surface area contributed by atoms with Crippen LogP contribution in [0.2, 0.25) is 0 Å². The molecule has 1 atom stereocenters. The number of piperidine rings is 1. The number of hydrogen-bond acceptors (Lipinski definition) is 3. The van der Waals surface area contributed by atoms with Gasteiger partial charge in [-0.3, -0.25) is 9.59 Å². The Bertz CT molecular complexity index is 576. The molecule has 1 aliphatic heterocycles. The Hall–Kier alpha value is -1.40. The highest BCUT2D eigenvalue weighted by Crippen LogP contribution is 2.26. The lowest BCUT2D eigenvalue weighted by Crippen LogP contribution is -2.53. The summed E-state index contributed by atoms with van der Waals surface area (Å²) in [4.78, 5) is 28.2. The highest BCUT2D eigenvalue weighted by atomic mass is 79.9. The lowest BCUT2D eigenvalue weighted by Gasteiger charge is -2.37. The molecule has 2 amide bonds. The van der Waals surface area contributed by atoms with E-state index in [2.05, 4.69) is 15.9 Å². The van der Waals surface area contributed by atoms with Gasteiger partial charge >= 0.3 is 0 Å². The van der Waals surface area contributed by atoms with E-state index < -0.39 is 5.54 Å². The summed E-state index contributed by atoms with van der Waals surface area (Å²) in [5, 5.41) is 0. The lowest BCUT2D eigenvalue weighted by molar-refractivity contribution is -0.142. The number of benzene rings is 1. The van der Waals surface area contributed by atoms with Crippen molar-refractivity contribution in [2.45, 2.75) is 25.3 Å². The van der Waals surface area contributed by atoms with Crippen molar-refractivity contribution in [1.29, 1.82) is 0 Å². The average Bonchev–Trinajstić information content (AvgIpc) is 2.54. The molecule has 6 heteroatoms. The first-order valence-electron chi connectivity index (χ1n) is 7.79. The van der Waals surface area contributed by atoms with Crippen LogP contribution in [0, 0.1) is 5.92 Å². The van der Waals surface area contributed by atoms with Crippen molar-refractivity contribution in [3.8, 4) is 0 Å². The van der Waals surface area contributed by atoms with E-state index in [9.17, 15) is 9.59 Å². The van der Waals surface area contributed by atoms with Crippen LogP contribution in [0.3, 0.4) is 0 Å². The van der Waals surface area contributed by atoms with Gasteiger partial charge in [-0.05, 0) is 37.5 Å². The van der Waals surface area contributed by atoms with Crippen molar-refractivity contribution >= 4 is 27.7 Å². The third kappa shape index (κ3) is 3.93. The van der Waals surface area contributed by atoms with Crippen molar-refractivity contribution in [1.82, 2.24) is 9.80 Å². The molecule has 0 bridgehead atoms. The summed E-state index contributed by atoms with van der Waals surface area (Å²) < 4.78 is 0.951. The first-order chi connectivity index (χ1) is 10.7. The monoisotopic (exact) mass is 381 g/mol. The van der Waals surface area contributed by atoms with Crippen molar-refractivity contribution in [2.75, 3.05) is 27.2 Å². The van der Waals surface area contributed by atoms with Gasteiger partial charge in [-0.2, -0.15) is 0 Å². The zero-order valence-electron chi connectivity index (χ0n) is 13.9. The van der Waals surface area contributed by atoms with E-state index in [-0.39, 0.29) is 17.7 Å². The normalized spacial score (nSPS) is 18.4. The Balaban J connectivity index is 2.04. The number of carbonyl (C=O) groups is 2. The number of hydrogen-bond donors (Lipinski definition) is 1. The Morgan fingerprint density at radius 2 is 1.74 bits per heavy atom. The number of likely N-dealkylation sites (tertiary alicyclic amines) is 1. The standard InChI is InChI=1S/C17H24BrN3O2/c1-17(19,13-4-6-14(18)7-5-13)16(23)21-10-8-12(9-11-21)15(22)20(2)3/h4-7,12H,8-11,19H2,1-3H3. The predicted molar refractivity (Wildman–Crippen MR) is 93.7 cm³/mol. The van der Waals surface area contributed by atoms with Crippen LogP contribution in [0.5, 0.6) is 0 Å². The summed E-state index contributed by atoms with van der Waals surface area (Å²) in [5.74, 6) is 0.0573. The van der Waals surface area contributed by atoms with Crippen molar-refractivity contribution < 1.29 is 9.59 Å². The molecular weight excluding hydrogens is 358 g/mol. The van der Waals surface area contributed by atoms with Crippen molar-refractivity contribution in [2.24, 2.45) is 11.7 Å². The minimum absolute atomic E-state index is 0.00533. The highest BCUT2D eigenvalue weighted by molar-refractivity contribution is 9.10. The Morgan fingerprint density at radius 3 is 2.22 bits per heavy atom. The first-order valence-corrected chi connectivity index (χ1v) is 8.58. The van der Waals surface area contributed by atoms with Gasteiger partial charge in [0, 0.05) is 37.6 Å². The molecular formula is C17H24BrN3O2. The second kappa shape index (κ2) is 7.01. The second-order valence-corrected chi connectivity index (χ2v) is 7.42. The molecule has 1 heterocycles. The first kappa shape index (κ1) is 17.9. The molecule has 0 aromatic heterocycles. The molecule has 1 saturated heterocycles. The molecule has 1 unspecified atom stereocenters. The van der Waals surface area contributed by atoms with Gasteiger partial charge in [0.05, 0.1) is 0 Å². The van der Waals surface area contributed by atoms with Crippen LogP contribution < -0.4 is 5.73 Å². The number of nitrogens with zero attached hydrogens (tertiary/aromatic N) is 2. The van der Waals surface area contributed by atoms with Gasteiger partial charge in [0.1, 0.15) is 5.54 Å². The average molecular weight is 382 g/mol. The molecule has 2 N–H and O–H groups in total. The van der Waals surface area contributed by atoms with Gasteiger partial charge < -0.3 is 15.5 Å². The molecule has 126 valence electrons. The minimum atomic E-state index is -1.06. The Morgan fingerprint density at radius 1 is 1.22 bits per heavy atom. The smallest absolute Gasteiger partial charge is 0.246 e. The predicted octanol–water partition coefficient (Wildman–Crippen LogP) is 1.95. The number of halogens is 1. The number of carbonyl (C=O) groups excluding carboxylic acids is 2. The van der Waals surface area contributed by atoms with Gasteiger partial charge in [0.25, 0.3) is 0 Å². The molecule has 1 aromatic carbocycles. The van der Waals surface area contributed by atoms with Gasteiger partial charge in [0.15, 0.2) is 0 Å². The SMILES string of the molecule is CN(C)C(=O)C1CCN(C(=O)C(C)(N)c2ccc(Br)cc2)CC1. The summed E-state index contributed by atoms with van der Waals surface area (Å²) in [6.45, 7) is 2.90. The molecule has 0 saturated carbocycles. The second-order valence-electron chi connectivity index (χ2n) is 6.51. The van der Waals surface area contributed by atoms with Crippen LogP contribution in [0.4, 0.5) is 0 Å². The molecule has 1 aromatic rings. The summed E-state index contributed by atoms with van der Waals surface area (Å²) in [6.07, 6.45) is 1.39. The lowest BCUT2D eigenvalue weighted by atomic mass is 9.89. The molecule has 0 aliphatic carbocycles. The summed E-state index contributed by atoms with van der Waals surface area (Å²) >= 11 is 3.39. The van der Waals surface area contributed by atoms with Gasteiger partial charge in [0.2, 0.25) is 11.8 Å². The summed E-state index contributed by atoms with van der Waals surface area (Å²) in [5.41, 5.74) is 6.06. The molecule has 0 radical (unpaired) electrons. The highest BCUT2D eigenvalue weighted by Gasteiger charge is 2.37. The molecule has 1 fully saturated rings. The molecule has 2 rings (SSSR count). The maximum atomic E-state index is 12.8. The third-order valence-corrected chi connectivity index (χ3v) is 4.99. The minimum Gasteiger partial charge on any atom is -0.349 e. The third-order valence-electron chi connectivity index (χ3n) is 4.46. The van der Waals surface area contributed by atoms with E-state index in [4.69, 9.17) is 5.73 Å². The fourth-order valence-electron chi connectivity index (χ4n) is 2.94. The van der Waals surface area contributed by atoms with Crippen LogP contribution >= 0.6 is 15.9 Å². The number of nitrogens with two attached hydrogens (primary N) is 1. The van der Waals surface area contributed by atoms with Crippen LogP contribution in [0.1, 0.15) is 25.3 Å². The van der Waals surface area contributed by atoms with Crippen LogP contribution in [0.25, 0.3) is 0 Å². The van der Waals surface area contributed by atoms with E-state index in [1.54, 1.807) is 30.8 Å². The molecule has 5 nitrogen and oxygen atoms in total. The number of rotatable bonds is 3. The quantitative estimate of drug-likeness (QED) is 0.869. The maximum Gasteiger partial charge on any atom is 0.246 e. The Labute approximate surface area is 145 Å². The fourth-order valence-corrected chi connectivity index (χ4v) is 3.21. The van der Waals surface area contributed by atoms with Crippen LogP contribution in [-0.4, -0.2) is 48.8 Å². The van der Waals surface area contributed by atoms with Crippen LogP contribution in [0.15, 0.2) is 28.7 Å². The molecule has 0 spiro atoms. The van der Waals surface area contributed by atoms with Crippen molar-refractivity contribution in [3.05, 3.63) is 34.3 Å². The molecule has 23 heavy (non-hydrogen) atoms. The maximum absolute atomic E-state index is 12.8. The zero-order chi connectivity index (χ0) is 17.2. The van der Waals surface area contributed by atoms with Gasteiger partial charge in [-0.1, -0.05) is 28.1 Å². The van der Waals surface area contributed by atoms with Crippen molar-refractivity contribution in [3.63, 3.8) is 0 Å². The van der Waals surface area contributed by atoms with E-state index in [1.807, 2.05) is 24.3 Å². The number of amides is 2. The van der Waals surface area contributed by atoms with E-state index in [0.29, 0.717) is 25.9 Å². The van der Waals surface area contributed by atoms with E-state index >= 15 is 0 Å². The Kier molecular flexibility index (Phi) is 5.47. The summed E-state index contributed by atoms with van der Waals surface area (Å²) in [7, 11) is 3.54.